The summed E-state index contributed by atoms with van der Waals surface area (Å²) in [4.78, 5) is 5.27. The fourth-order valence-electron chi connectivity index (χ4n) is 7.33. The van der Waals surface area contributed by atoms with Gasteiger partial charge in [-0.1, -0.05) is 51.7 Å². The molecule has 3 nitrogen and oxygen atoms in total. The maximum atomic E-state index is 13.3. The summed E-state index contributed by atoms with van der Waals surface area (Å²) in [5.74, 6) is 0.341. The Hall–Kier alpha value is -1.92. The number of pyridine rings is 1. The van der Waals surface area contributed by atoms with Crippen molar-refractivity contribution in [1.29, 1.82) is 0 Å². The van der Waals surface area contributed by atoms with E-state index >= 15 is 0 Å². The fourth-order valence-corrected chi connectivity index (χ4v) is 7.33. The number of benzene rings is 1. The van der Waals surface area contributed by atoms with Crippen LogP contribution >= 0.6 is 0 Å². The summed E-state index contributed by atoms with van der Waals surface area (Å²) < 4.78 is 46.7. The van der Waals surface area contributed by atoms with Gasteiger partial charge >= 0.3 is 6.18 Å². The molecule has 6 rings (SSSR count). The number of aromatic nitrogens is 1. The second kappa shape index (κ2) is 8.04. The molecule has 35 heavy (non-hydrogen) atoms. The zero-order valence-corrected chi connectivity index (χ0v) is 20.5. The predicted octanol–water partition coefficient (Wildman–Crippen LogP) is 7.65. The molecule has 1 unspecified atom stereocenters. The van der Waals surface area contributed by atoms with Crippen LogP contribution in [0.25, 0.3) is 0 Å². The van der Waals surface area contributed by atoms with Crippen LogP contribution in [-0.2, 0) is 22.9 Å². The third-order valence-corrected chi connectivity index (χ3v) is 8.87. The van der Waals surface area contributed by atoms with E-state index in [1.165, 1.54) is 5.56 Å². The summed E-state index contributed by atoms with van der Waals surface area (Å²) in [7, 11) is 0. The predicted molar refractivity (Wildman–Crippen MR) is 127 cm³/mol. The molecule has 3 aliphatic carbocycles. The van der Waals surface area contributed by atoms with Gasteiger partial charge in [0.15, 0.2) is 0 Å². The van der Waals surface area contributed by atoms with E-state index in [-0.39, 0.29) is 5.41 Å². The Bertz CT molecular complexity index is 1130. The number of aliphatic hydroxyl groups excluding tert-OH is 1. The van der Waals surface area contributed by atoms with Crippen molar-refractivity contribution in [2.24, 2.45) is 5.41 Å². The zero-order chi connectivity index (χ0) is 24.6. The summed E-state index contributed by atoms with van der Waals surface area (Å²) in [6.45, 7) is 4.38. The average Bonchev–Trinajstić information content (AvgIpc) is 3.53. The lowest BCUT2D eigenvalue weighted by molar-refractivity contribution is -0.137. The van der Waals surface area contributed by atoms with Crippen LogP contribution in [0.15, 0.2) is 24.3 Å². The number of rotatable bonds is 2. The molecule has 1 aromatic carbocycles. The number of hydrogen-bond donors (Lipinski definition) is 1. The van der Waals surface area contributed by atoms with Crippen LogP contribution in [0.1, 0.15) is 129 Å². The van der Waals surface area contributed by atoms with Crippen LogP contribution < -0.4 is 0 Å². The topological polar surface area (TPSA) is 42.4 Å². The summed E-state index contributed by atoms with van der Waals surface area (Å²) in [5, 5.41) is 11.4. The van der Waals surface area contributed by atoms with E-state index in [9.17, 15) is 18.3 Å². The largest absolute Gasteiger partial charge is 0.416 e. The second-order valence-electron chi connectivity index (χ2n) is 12.0. The Morgan fingerprint density at radius 1 is 0.943 bits per heavy atom. The molecule has 6 heteroatoms. The number of alkyl halides is 3. The van der Waals surface area contributed by atoms with Gasteiger partial charge in [0.2, 0.25) is 0 Å². The number of hydrogen-bond acceptors (Lipinski definition) is 3. The number of aliphatic hydroxyl groups is 1. The molecule has 1 N–H and O–H groups in total. The first-order valence-corrected chi connectivity index (χ1v) is 13.2. The van der Waals surface area contributed by atoms with Crippen LogP contribution in [0.5, 0.6) is 0 Å². The minimum absolute atomic E-state index is 0.0320. The van der Waals surface area contributed by atoms with Gasteiger partial charge in [-0.3, -0.25) is 4.98 Å². The summed E-state index contributed by atoms with van der Waals surface area (Å²) in [6, 6.07) is 5.47. The lowest BCUT2D eigenvalue weighted by Gasteiger charge is -2.37. The van der Waals surface area contributed by atoms with E-state index in [1.54, 1.807) is 12.1 Å². The third-order valence-electron chi connectivity index (χ3n) is 8.87. The molecule has 2 atom stereocenters. The van der Waals surface area contributed by atoms with Crippen molar-refractivity contribution in [2.45, 2.75) is 108 Å². The van der Waals surface area contributed by atoms with Gasteiger partial charge in [-0.15, -0.1) is 0 Å². The van der Waals surface area contributed by atoms with Crippen LogP contribution in [0, 0.1) is 5.41 Å². The zero-order valence-electron chi connectivity index (χ0n) is 20.5. The molecule has 4 aliphatic rings. The maximum absolute atomic E-state index is 13.3. The minimum atomic E-state index is -4.37. The fraction of sp³-hybridized carbons (Fsp3) is 0.621. The first-order chi connectivity index (χ1) is 16.6. The first kappa shape index (κ1) is 23.5. The smallest absolute Gasteiger partial charge is 0.388 e. The van der Waals surface area contributed by atoms with Gasteiger partial charge in [0.25, 0.3) is 0 Å². The molecule has 0 saturated heterocycles. The van der Waals surface area contributed by atoms with Gasteiger partial charge < -0.3 is 9.84 Å². The van der Waals surface area contributed by atoms with E-state index < -0.39 is 29.5 Å². The van der Waals surface area contributed by atoms with Crippen molar-refractivity contribution >= 4 is 0 Å². The Labute approximate surface area is 205 Å². The molecule has 0 radical (unpaired) electrons. The normalized spacial score (nSPS) is 27.4. The highest BCUT2D eigenvalue weighted by Gasteiger charge is 2.52. The van der Waals surface area contributed by atoms with Gasteiger partial charge in [0, 0.05) is 16.8 Å². The van der Waals surface area contributed by atoms with Gasteiger partial charge in [-0.25, -0.2) is 0 Å². The molecule has 2 aromatic rings. The first-order valence-electron chi connectivity index (χ1n) is 13.2. The summed E-state index contributed by atoms with van der Waals surface area (Å²) in [6.07, 6.45) is 4.50. The van der Waals surface area contributed by atoms with Crippen LogP contribution in [-0.4, -0.2) is 10.1 Å². The second-order valence-corrected chi connectivity index (χ2v) is 12.0. The van der Waals surface area contributed by atoms with E-state index in [4.69, 9.17) is 9.72 Å². The molecule has 2 saturated carbocycles. The molecule has 2 fully saturated rings. The van der Waals surface area contributed by atoms with Crippen LogP contribution in [0.2, 0.25) is 0 Å². The van der Waals surface area contributed by atoms with Crippen molar-refractivity contribution < 1.29 is 23.0 Å². The standard InChI is InChI=1S/C29H34F3NO2/c1-27(2)15-20-23(21(34)16-27)22(17-7-3-4-8-17)24-25(18-9-11-19(12-10-18)29(30,31)32)35-28(26(24)33-20)13-5-6-14-28/h9-12,17,21,25,34H,3-8,13-16H2,1-2H3/t21?,25-/m0/s1. The molecule has 188 valence electrons. The Morgan fingerprint density at radius 2 is 1.60 bits per heavy atom. The molecule has 1 aromatic heterocycles. The highest BCUT2D eigenvalue weighted by atomic mass is 19.4. The number of fused-ring (bicyclic) bond motifs is 3. The van der Waals surface area contributed by atoms with E-state index in [0.29, 0.717) is 12.3 Å². The molecule has 1 spiro atoms. The average molecular weight is 486 g/mol. The lowest BCUT2D eigenvalue weighted by atomic mass is 9.70. The maximum Gasteiger partial charge on any atom is 0.416 e. The molecular weight excluding hydrogens is 451 g/mol. The molecule has 0 bridgehead atoms. The minimum Gasteiger partial charge on any atom is -0.388 e. The van der Waals surface area contributed by atoms with Gasteiger partial charge in [0.05, 0.1) is 17.4 Å². The Balaban J connectivity index is 1.57. The van der Waals surface area contributed by atoms with Crippen molar-refractivity contribution in [3.05, 3.63) is 63.5 Å². The van der Waals surface area contributed by atoms with E-state index in [1.807, 2.05) is 0 Å². The number of nitrogens with zero attached hydrogens (tertiary/aromatic N) is 1. The SMILES string of the molecule is CC1(C)Cc2nc3c(c(C4CCCC4)c2C(O)C1)[C@H](c1ccc(C(F)(F)F)cc1)OC31CCCC1. The van der Waals surface area contributed by atoms with E-state index in [2.05, 4.69) is 13.8 Å². The van der Waals surface area contributed by atoms with Gasteiger partial charge in [-0.2, -0.15) is 13.2 Å². The van der Waals surface area contributed by atoms with Crippen molar-refractivity contribution in [2.75, 3.05) is 0 Å². The van der Waals surface area contributed by atoms with Gasteiger partial charge in [0.1, 0.15) is 11.7 Å². The lowest BCUT2D eigenvalue weighted by Crippen LogP contribution is -2.30. The molecule has 2 heterocycles. The molecule has 0 amide bonds. The Kier molecular flexibility index (Phi) is 5.39. The molecular formula is C29H34F3NO2. The third kappa shape index (κ3) is 3.83. The van der Waals surface area contributed by atoms with Crippen molar-refractivity contribution in [1.82, 2.24) is 4.98 Å². The van der Waals surface area contributed by atoms with Crippen molar-refractivity contribution in [3.8, 4) is 0 Å². The monoisotopic (exact) mass is 485 g/mol. The van der Waals surface area contributed by atoms with Crippen molar-refractivity contribution in [3.63, 3.8) is 0 Å². The van der Waals surface area contributed by atoms with Crippen LogP contribution in [0.3, 0.4) is 0 Å². The highest BCUT2D eigenvalue weighted by molar-refractivity contribution is 5.53. The Morgan fingerprint density at radius 3 is 2.23 bits per heavy atom. The molecule has 1 aliphatic heterocycles. The van der Waals surface area contributed by atoms with Gasteiger partial charge in [-0.05, 0) is 73.1 Å². The summed E-state index contributed by atoms with van der Waals surface area (Å²) >= 11 is 0. The summed E-state index contributed by atoms with van der Waals surface area (Å²) in [5.41, 5.74) is 4.86. The highest BCUT2D eigenvalue weighted by Crippen LogP contribution is 2.58. The number of ether oxygens (including phenoxy) is 1. The van der Waals surface area contributed by atoms with Crippen LogP contribution in [0.4, 0.5) is 13.2 Å². The number of halogens is 3. The quantitative estimate of drug-likeness (QED) is 0.475. The van der Waals surface area contributed by atoms with E-state index in [0.717, 1.165) is 98.0 Å².